The number of rotatable bonds is 5. The number of ketones is 1. The van der Waals surface area contributed by atoms with Gasteiger partial charge in [0.05, 0.1) is 4.88 Å². The summed E-state index contributed by atoms with van der Waals surface area (Å²) < 4.78 is 0. The number of benzene rings is 1. The first-order valence-electron chi connectivity index (χ1n) is 9.05. The number of hydrogen-bond donors (Lipinski definition) is 2. The van der Waals surface area contributed by atoms with Crippen LogP contribution in [-0.2, 0) is 13.0 Å². The van der Waals surface area contributed by atoms with Crippen LogP contribution in [-0.4, -0.2) is 35.9 Å². The minimum absolute atomic E-state index is 0.169. The average Bonchev–Trinajstić information content (AvgIpc) is 3.24. The molecule has 1 aromatic heterocycles. The van der Waals surface area contributed by atoms with Gasteiger partial charge in [-0.3, -0.25) is 20.5 Å². The van der Waals surface area contributed by atoms with Gasteiger partial charge >= 0.3 is 0 Å². The molecule has 2 aliphatic rings. The number of nitrogens with one attached hydrogen (secondary N) is 2. The van der Waals surface area contributed by atoms with Gasteiger partial charge in [-0.15, -0.1) is 11.3 Å². The van der Waals surface area contributed by atoms with Crippen molar-refractivity contribution in [2.45, 2.75) is 38.4 Å². The predicted octanol–water partition coefficient (Wildman–Crippen LogP) is 2.86. The minimum Gasteiger partial charge on any atom is -0.299 e. The van der Waals surface area contributed by atoms with Crippen molar-refractivity contribution in [2.75, 3.05) is 13.1 Å². The van der Waals surface area contributed by atoms with Crippen LogP contribution < -0.4 is 10.9 Å². The van der Waals surface area contributed by atoms with Gasteiger partial charge in [-0.25, -0.2) is 0 Å². The van der Waals surface area contributed by atoms with Crippen LogP contribution in [0.25, 0.3) is 0 Å². The van der Waals surface area contributed by atoms with Crippen LogP contribution in [0.4, 0.5) is 0 Å². The molecule has 2 aromatic rings. The summed E-state index contributed by atoms with van der Waals surface area (Å²) >= 11 is 1.57. The number of hydrogen-bond acceptors (Lipinski definition) is 5. The highest BCUT2D eigenvalue weighted by Crippen LogP contribution is 2.28. The van der Waals surface area contributed by atoms with Crippen molar-refractivity contribution < 1.29 is 4.79 Å². The third-order valence-electron chi connectivity index (χ3n) is 5.42. The average molecular weight is 356 g/mol. The molecule has 0 saturated carbocycles. The lowest BCUT2D eigenvalue weighted by Crippen LogP contribution is -2.46. The van der Waals surface area contributed by atoms with Gasteiger partial charge in [0.2, 0.25) is 0 Å². The molecular formula is C20H25N3OS. The Balaban J connectivity index is 1.39. The van der Waals surface area contributed by atoms with Crippen LogP contribution >= 0.6 is 11.3 Å². The summed E-state index contributed by atoms with van der Waals surface area (Å²) in [5.41, 5.74) is 9.71. The van der Waals surface area contributed by atoms with Gasteiger partial charge < -0.3 is 0 Å². The topological polar surface area (TPSA) is 44.4 Å². The maximum Gasteiger partial charge on any atom is 0.169 e. The van der Waals surface area contributed by atoms with Crippen molar-refractivity contribution in [1.82, 2.24) is 15.8 Å². The molecule has 2 saturated heterocycles. The molecule has 0 radical (unpaired) electrons. The van der Waals surface area contributed by atoms with Gasteiger partial charge in [0.15, 0.2) is 5.78 Å². The smallest absolute Gasteiger partial charge is 0.169 e. The minimum atomic E-state index is 0.169. The van der Waals surface area contributed by atoms with Crippen molar-refractivity contribution in [1.29, 1.82) is 0 Å². The van der Waals surface area contributed by atoms with E-state index in [2.05, 4.69) is 57.5 Å². The van der Waals surface area contributed by atoms with E-state index < -0.39 is 0 Å². The van der Waals surface area contributed by atoms with E-state index in [4.69, 9.17) is 0 Å². The van der Waals surface area contributed by atoms with Crippen molar-refractivity contribution in [3.8, 4) is 0 Å². The van der Waals surface area contributed by atoms with Gasteiger partial charge in [-0.05, 0) is 42.3 Å². The van der Waals surface area contributed by atoms with Gasteiger partial charge in [-0.2, -0.15) is 0 Å². The lowest BCUT2D eigenvalue weighted by molar-refractivity contribution is 0.102. The molecule has 5 heteroatoms. The Morgan fingerprint density at radius 3 is 2.84 bits per heavy atom. The van der Waals surface area contributed by atoms with Crippen LogP contribution in [0.1, 0.15) is 34.1 Å². The highest BCUT2D eigenvalue weighted by Gasteiger charge is 2.39. The van der Waals surface area contributed by atoms with Crippen molar-refractivity contribution in [3.05, 3.63) is 57.8 Å². The van der Waals surface area contributed by atoms with Gasteiger partial charge in [0, 0.05) is 37.6 Å². The maximum atomic E-state index is 11.5. The lowest BCUT2D eigenvalue weighted by Gasteiger charge is -2.36. The van der Waals surface area contributed by atoms with Crippen molar-refractivity contribution in [3.63, 3.8) is 0 Å². The number of hydrazine groups is 1. The summed E-state index contributed by atoms with van der Waals surface area (Å²) in [6.45, 7) is 4.81. The first-order chi connectivity index (χ1) is 12.2. The van der Waals surface area contributed by atoms with Gasteiger partial charge in [0.1, 0.15) is 0 Å². The molecule has 0 amide bonds. The first kappa shape index (κ1) is 16.9. The Morgan fingerprint density at radius 1 is 1.24 bits per heavy atom. The summed E-state index contributed by atoms with van der Waals surface area (Å²) in [4.78, 5) is 14.9. The number of likely N-dealkylation sites (tertiary alicyclic amines) is 1. The fourth-order valence-electron chi connectivity index (χ4n) is 4.08. The van der Waals surface area contributed by atoms with Crippen LogP contribution in [0, 0.1) is 5.92 Å². The molecule has 2 aliphatic heterocycles. The number of nitrogens with zero attached hydrogens (tertiary/aromatic N) is 1. The summed E-state index contributed by atoms with van der Waals surface area (Å²) in [5, 5.41) is 2.13. The third-order valence-corrected chi connectivity index (χ3v) is 6.50. The molecule has 3 unspecified atom stereocenters. The molecule has 132 valence electrons. The number of thiophene rings is 1. The molecule has 4 rings (SSSR count). The molecule has 3 heterocycles. The standard InChI is InChI=1S/C20H25N3OS/c1-14(24)20-10-16(13-25-20)11-23-8-7-18-17(12-23)19(22-21-18)9-15-5-3-2-4-6-15/h2-6,10,13,17-19,21-22H,7-9,11-12H2,1H3. The van der Waals surface area contributed by atoms with E-state index in [-0.39, 0.29) is 5.78 Å². The first-order valence-corrected chi connectivity index (χ1v) is 9.92. The SMILES string of the molecule is CC(=O)c1cc(CN2CCC3NNC(Cc4ccccc4)C3C2)cs1. The van der Waals surface area contributed by atoms with Crippen molar-refractivity contribution >= 4 is 17.1 Å². The summed E-state index contributed by atoms with van der Waals surface area (Å²) in [6, 6.07) is 13.8. The van der Waals surface area contributed by atoms with E-state index in [1.54, 1.807) is 18.3 Å². The molecule has 3 atom stereocenters. The Kier molecular flexibility index (Phi) is 4.99. The highest BCUT2D eigenvalue weighted by molar-refractivity contribution is 7.12. The number of carbonyl (C=O) groups excluding carboxylic acids is 1. The highest BCUT2D eigenvalue weighted by atomic mass is 32.1. The Bertz CT molecular complexity index is 730. The Labute approximate surface area is 153 Å². The fourth-order valence-corrected chi connectivity index (χ4v) is 4.88. The van der Waals surface area contributed by atoms with E-state index in [0.29, 0.717) is 18.0 Å². The second-order valence-corrected chi connectivity index (χ2v) is 8.17. The molecule has 4 nitrogen and oxygen atoms in total. The molecule has 25 heavy (non-hydrogen) atoms. The molecule has 1 aromatic carbocycles. The quantitative estimate of drug-likeness (QED) is 0.810. The summed E-state index contributed by atoms with van der Waals surface area (Å²) in [7, 11) is 0. The number of piperidine rings is 1. The van der Waals surface area contributed by atoms with Crippen molar-refractivity contribution in [2.24, 2.45) is 5.92 Å². The zero-order valence-corrected chi connectivity index (χ0v) is 15.4. The molecule has 0 aliphatic carbocycles. The third kappa shape index (κ3) is 3.85. The maximum absolute atomic E-state index is 11.5. The van der Waals surface area contributed by atoms with E-state index in [9.17, 15) is 4.79 Å². The largest absolute Gasteiger partial charge is 0.299 e. The summed E-state index contributed by atoms with van der Waals surface area (Å²) in [5.74, 6) is 0.793. The fraction of sp³-hybridized carbons (Fsp3) is 0.450. The van der Waals surface area contributed by atoms with Crippen LogP contribution in [0.5, 0.6) is 0 Å². The Morgan fingerprint density at radius 2 is 2.08 bits per heavy atom. The predicted molar refractivity (Wildman–Crippen MR) is 102 cm³/mol. The zero-order valence-electron chi connectivity index (χ0n) is 14.6. The molecule has 0 spiro atoms. The van der Waals surface area contributed by atoms with Crippen LogP contribution in [0.3, 0.4) is 0 Å². The second-order valence-electron chi connectivity index (χ2n) is 7.25. The van der Waals surface area contributed by atoms with E-state index in [1.165, 1.54) is 17.5 Å². The van der Waals surface area contributed by atoms with E-state index in [0.717, 1.165) is 30.9 Å². The Hall–Kier alpha value is -1.53. The number of carbonyl (C=O) groups is 1. The van der Waals surface area contributed by atoms with Crippen LogP contribution in [0.2, 0.25) is 0 Å². The normalized spacial score (nSPS) is 26.5. The molecule has 2 N–H and O–H groups in total. The second kappa shape index (κ2) is 7.38. The lowest BCUT2D eigenvalue weighted by atomic mass is 9.85. The zero-order chi connectivity index (χ0) is 17.2. The van der Waals surface area contributed by atoms with Gasteiger partial charge in [-0.1, -0.05) is 30.3 Å². The molecule has 0 bridgehead atoms. The van der Waals surface area contributed by atoms with E-state index in [1.807, 2.05) is 0 Å². The summed E-state index contributed by atoms with van der Waals surface area (Å²) in [6.07, 6.45) is 2.24. The van der Waals surface area contributed by atoms with E-state index >= 15 is 0 Å². The number of fused-ring (bicyclic) bond motifs is 1. The monoisotopic (exact) mass is 355 g/mol. The molecular weight excluding hydrogens is 330 g/mol. The molecule has 2 fully saturated rings. The van der Waals surface area contributed by atoms with Gasteiger partial charge in [0.25, 0.3) is 0 Å². The number of Topliss-reactive ketones (excluding diaryl/α,β-unsaturated/α-hetero) is 1. The van der Waals surface area contributed by atoms with Crippen LogP contribution in [0.15, 0.2) is 41.8 Å².